The number of rotatable bonds is 0. The highest BCUT2D eigenvalue weighted by Crippen LogP contribution is 0.871. The Morgan fingerprint density at radius 3 is 0.471 bits per heavy atom. The minimum absolute atomic E-state index is 0. The molecule has 0 aromatic heterocycles. The van der Waals surface area contributed by atoms with E-state index in [4.69, 9.17) is 20.4 Å². The summed E-state index contributed by atoms with van der Waals surface area (Å²) in [6, 6.07) is 0. The van der Waals surface area contributed by atoms with Crippen LogP contribution in [-0.4, -0.2) is 12.2 Å². The van der Waals surface area contributed by atoms with Crippen molar-refractivity contribution >= 4 is 12.2 Å². The Bertz CT molecular complexity index is 84.4. The maximum atomic E-state index is 8.35. The lowest BCUT2D eigenvalue weighted by molar-refractivity contribution is 0.562. The van der Waals surface area contributed by atoms with Crippen LogP contribution in [0.2, 0.25) is 0 Å². The van der Waals surface area contributed by atoms with Gasteiger partial charge in [0, 0.05) is 0 Å². The van der Waals surface area contributed by atoms with Crippen LogP contribution in [0.15, 0.2) is 0 Å². The van der Waals surface area contributed by atoms with Gasteiger partial charge in [-0.2, -0.15) is 0 Å². The molecule has 0 aromatic rings. The van der Waals surface area contributed by atoms with Crippen LogP contribution in [0.5, 0.6) is 0 Å². The zero-order valence-electron chi connectivity index (χ0n) is 5.27. The minimum atomic E-state index is 0. The molecular formula is C7H28F6N2O2. The molecule has 0 amide bonds. The number of hydrogen-bond acceptors (Lipinski definition) is 4. The van der Waals surface area contributed by atoms with Gasteiger partial charge in [0.15, 0.2) is 0 Å². The first-order valence-electron chi connectivity index (χ1n) is 0.908. The number of nitrogens with one attached hydrogen (secondary N) is 2. The van der Waals surface area contributed by atoms with Crippen molar-refractivity contribution in [2.45, 2.75) is 37.1 Å². The second-order valence-corrected chi connectivity index (χ2v) is 0.204. The van der Waals surface area contributed by atoms with E-state index in [-0.39, 0.29) is 65.4 Å². The first-order valence-corrected chi connectivity index (χ1v) is 0.908. The topological polar surface area (TPSA) is 81.8 Å². The highest BCUT2D eigenvalue weighted by atomic mass is 19.0. The van der Waals surface area contributed by atoms with Gasteiger partial charge in [0.25, 0.3) is 0 Å². The molecule has 120 valence electrons. The highest BCUT2D eigenvalue weighted by Gasteiger charge is 1.04. The molecule has 0 aliphatic carbocycles. The summed E-state index contributed by atoms with van der Waals surface area (Å²) in [5.74, 6) is 0. The van der Waals surface area contributed by atoms with Gasteiger partial charge in [0.05, 0.1) is 0 Å². The number of isocyanates is 2. The second kappa shape index (κ2) is 22100. The van der Waals surface area contributed by atoms with Crippen molar-refractivity contribution in [1.29, 1.82) is 10.8 Å². The first kappa shape index (κ1) is 576. The Morgan fingerprint density at radius 1 is 0.471 bits per heavy atom. The van der Waals surface area contributed by atoms with Gasteiger partial charge in [0.1, 0.15) is 0 Å². The van der Waals surface area contributed by atoms with Crippen LogP contribution >= 0.6 is 0 Å². The highest BCUT2D eigenvalue weighted by molar-refractivity contribution is 5.26. The van der Waals surface area contributed by atoms with E-state index < -0.39 is 0 Å². The van der Waals surface area contributed by atoms with Crippen LogP contribution in [0.25, 0.3) is 0 Å². The van der Waals surface area contributed by atoms with Gasteiger partial charge in [0.2, 0.25) is 12.2 Å². The summed E-state index contributed by atoms with van der Waals surface area (Å²) < 4.78 is 0. The molecular weight excluding hydrogens is 258 g/mol. The Morgan fingerprint density at radius 2 is 0.471 bits per heavy atom. The molecule has 0 spiro atoms. The zero-order chi connectivity index (χ0) is 5.41. The van der Waals surface area contributed by atoms with E-state index in [9.17, 15) is 0 Å². The summed E-state index contributed by atoms with van der Waals surface area (Å²) in [7, 11) is 0. The van der Waals surface area contributed by atoms with Crippen molar-refractivity contribution in [2.24, 2.45) is 0 Å². The quantitative estimate of drug-likeness (QED) is 0.402. The number of halogens is 6. The summed E-state index contributed by atoms with van der Waals surface area (Å²) in [5.41, 5.74) is 0. The van der Waals surface area contributed by atoms with Crippen molar-refractivity contribution in [1.82, 2.24) is 0 Å². The third kappa shape index (κ3) is 792. The fourth-order valence-corrected chi connectivity index (χ4v) is 0. The molecule has 0 heterocycles. The smallest absolute Gasteiger partial charge is 0.231 e. The van der Waals surface area contributed by atoms with Gasteiger partial charge in [-0.05, 0) is 0 Å². The molecule has 0 rings (SSSR count). The van der Waals surface area contributed by atoms with Crippen LogP contribution in [0.4, 0.5) is 28.2 Å². The standard InChI is InChI=1S/2CHNO.5CH4.6FH/c2*2-1-3;;;;;;;;;;;/h2*2H;5*1H4;6*1H. The molecule has 17 heavy (non-hydrogen) atoms. The molecule has 0 aromatic carbocycles. The molecule has 0 radical (unpaired) electrons. The van der Waals surface area contributed by atoms with E-state index in [1.54, 1.807) is 0 Å². The molecule has 0 bridgehead atoms. The van der Waals surface area contributed by atoms with E-state index in [0.29, 0.717) is 0 Å². The lowest BCUT2D eigenvalue weighted by atomic mass is 11.7. The Balaban J connectivity index is -0.00000000104. The van der Waals surface area contributed by atoms with Gasteiger partial charge in [-0.1, -0.05) is 37.1 Å². The summed E-state index contributed by atoms with van der Waals surface area (Å²) in [6.45, 7) is 0. The molecule has 0 atom stereocenters. The summed E-state index contributed by atoms with van der Waals surface area (Å²) in [4.78, 5) is 16.7. The van der Waals surface area contributed by atoms with Crippen molar-refractivity contribution in [3.63, 3.8) is 0 Å². The fraction of sp³-hybridized carbons (Fsp3) is 0.714. The van der Waals surface area contributed by atoms with Gasteiger partial charge >= 0.3 is 0 Å². The van der Waals surface area contributed by atoms with Crippen LogP contribution in [-0.2, 0) is 9.59 Å². The predicted octanol–water partition coefficient (Wildman–Crippen LogP) is 3.90. The van der Waals surface area contributed by atoms with E-state index in [1.807, 2.05) is 0 Å². The van der Waals surface area contributed by atoms with Crippen molar-refractivity contribution in [3.8, 4) is 0 Å². The first-order chi connectivity index (χ1) is 2.83. The minimum Gasteiger partial charge on any atom is -0.269 e. The average molecular weight is 286 g/mol. The van der Waals surface area contributed by atoms with E-state index in [1.165, 1.54) is 0 Å². The third-order valence-electron chi connectivity index (χ3n) is 0. The average Bonchev–Trinajstić information content (AvgIpc) is 1.39. The molecule has 2 N–H and O–H groups in total. The largest absolute Gasteiger partial charge is 0.269 e. The summed E-state index contributed by atoms with van der Waals surface area (Å²) in [5, 5.41) is 10.8. The SMILES string of the molecule is C.C.C.C.C.F.F.F.F.F.F.N=C=O.N=C=O. The molecule has 0 saturated heterocycles. The van der Waals surface area contributed by atoms with Crippen LogP contribution < -0.4 is 0 Å². The summed E-state index contributed by atoms with van der Waals surface area (Å²) in [6.07, 6.45) is 1.50. The van der Waals surface area contributed by atoms with E-state index in [0.717, 1.165) is 12.2 Å². The van der Waals surface area contributed by atoms with Crippen molar-refractivity contribution in [2.75, 3.05) is 0 Å². The van der Waals surface area contributed by atoms with Gasteiger partial charge in [-0.15, -0.1) is 0 Å². The third-order valence-corrected chi connectivity index (χ3v) is 0. The number of hydrogen-bond donors (Lipinski definition) is 2. The van der Waals surface area contributed by atoms with Crippen molar-refractivity contribution < 1.29 is 37.8 Å². The van der Waals surface area contributed by atoms with Crippen LogP contribution in [0, 0.1) is 10.8 Å². The number of carbonyl (C=O) groups excluding carboxylic acids is 2. The Kier molecular flexibility index (Phi) is 748000. The Hall–Kier alpha value is -1.66. The molecule has 0 unspecified atom stereocenters. The molecule has 10 heteroatoms. The monoisotopic (exact) mass is 286 g/mol. The normalized spacial score (nSPS) is 0.941. The van der Waals surface area contributed by atoms with Crippen LogP contribution in [0.3, 0.4) is 0 Å². The Labute approximate surface area is 99.0 Å². The molecule has 0 saturated carbocycles. The van der Waals surface area contributed by atoms with E-state index >= 15 is 0 Å². The lowest BCUT2D eigenvalue weighted by Crippen LogP contribution is -1.16. The predicted molar refractivity (Wildman–Crippen MR) is 65.5 cm³/mol. The lowest BCUT2D eigenvalue weighted by Gasteiger charge is -1.02. The van der Waals surface area contributed by atoms with Gasteiger partial charge < -0.3 is 0 Å². The van der Waals surface area contributed by atoms with Gasteiger partial charge in [-0.25, -0.2) is 20.4 Å². The molecule has 0 aliphatic rings. The van der Waals surface area contributed by atoms with Crippen LogP contribution in [0.1, 0.15) is 37.1 Å². The van der Waals surface area contributed by atoms with Gasteiger partial charge in [-0.3, -0.25) is 28.2 Å². The van der Waals surface area contributed by atoms with Crippen molar-refractivity contribution in [3.05, 3.63) is 0 Å². The van der Waals surface area contributed by atoms with E-state index in [2.05, 4.69) is 0 Å². The fourth-order valence-electron chi connectivity index (χ4n) is 0. The second-order valence-electron chi connectivity index (χ2n) is 0.204. The zero-order valence-corrected chi connectivity index (χ0v) is 5.27. The summed E-state index contributed by atoms with van der Waals surface area (Å²) >= 11 is 0. The maximum absolute atomic E-state index is 8.35. The molecule has 0 aliphatic heterocycles. The maximum Gasteiger partial charge on any atom is 0.231 e. The molecule has 4 nitrogen and oxygen atoms in total. The molecule has 0 fully saturated rings.